The van der Waals surface area contributed by atoms with Crippen molar-refractivity contribution < 1.29 is 18.0 Å². The molecule has 0 bridgehead atoms. The predicted molar refractivity (Wildman–Crippen MR) is 52.5 cm³/mol. The minimum Gasteiger partial charge on any atom is -0.275 e. The second-order valence-electron chi connectivity index (χ2n) is 2.62. The molecule has 16 heavy (non-hydrogen) atoms. The van der Waals surface area contributed by atoms with Gasteiger partial charge in [0.1, 0.15) is 0 Å². The van der Waals surface area contributed by atoms with Gasteiger partial charge in [-0.25, -0.2) is 24.5 Å². The van der Waals surface area contributed by atoms with Gasteiger partial charge in [-0.05, 0) is 6.07 Å². The number of nitrogens with zero attached hydrogens (tertiary/aromatic N) is 3. The molecule has 1 N–H and O–H groups in total. The van der Waals surface area contributed by atoms with E-state index in [9.17, 15) is 13.2 Å². The van der Waals surface area contributed by atoms with E-state index in [2.05, 4.69) is 14.8 Å². The van der Waals surface area contributed by atoms with Crippen LogP contribution in [0.5, 0.6) is 0 Å². The van der Waals surface area contributed by atoms with Crippen LogP contribution in [0.25, 0.3) is 0 Å². The molecule has 9 heteroatoms. The highest BCUT2D eigenvalue weighted by Gasteiger charge is 2.27. The predicted octanol–water partition coefficient (Wildman–Crippen LogP) is -0.632. The first-order valence-electron chi connectivity index (χ1n) is 4.09. The first-order valence-corrected chi connectivity index (χ1v) is 5.53. The molecule has 0 spiro atoms. The molecule has 2 amide bonds. The zero-order chi connectivity index (χ0) is 12.2. The minimum absolute atomic E-state index is 0.450. The van der Waals surface area contributed by atoms with E-state index in [1.807, 2.05) is 5.48 Å². The maximum absolute atomic E-state index is 11.7. The molecule has 1 aromatic rings. The molecule has 88 valence electrons. The molecule has 1 aromatic heterocycles. The van der Waals surface area contributed by atoms with Crippen LogP contribution in [0.1, 0.15) is 0 Å². The molecule has 8 nitrogen and oxygen atoms in total. The minimum atomic E-state index is -4.04. The summed E-state index contributed by atoms with van der Waals surface area (Å²) >= 11 is 0. The lowest BCUT2D eigenvalue weighted by Gasteiger charge is -2.15. The van der Waals surface area contributed by atoms with Crippen LogP contribution in [-0.2, 0) is 14.9 Å². The Morgan fingerprint density at radius 1 is 1.44 bits per heavy atom. The Balaban J connectivity index is 2.99. The number of amides is 2. The van der Waals surface area contributed by atoms with Gasteiger partial charge in [-0.15, -0.1) is 0 Å². The summed E-state index contributed by atoms with van der Waals surface area (Å²) in [6.07, 6.45) is 2.53. The van der Waals surface area contributed by atoms with Gasteiger partial charge in [0.15, 0.2) is 0 Å². The fraction of sp³-hybridized carbons (Fsp3) is 0.286. The fourth-order valence-corrected chi connectivity index (χ4v) is 1.69. The molecule has 0 saturated carbocycles. The third-order valence-electron chi connectivity index (χ3n) is 1.61. The first-order chi connectivity index (χ1) is 7.50. The van der Waals surface area contributed by atoms with Gasteiger partial charge in [-0.3, -0.25) is 4.84 Å². The Kier molecular flexibility index (Phi) is 3.74. The number of aromatic nitrogens is 2. The number of carbonyl (C=O) groups is 1. The average molecular weight is 246 g/mol. The Morgan fingerprint density at radius 2 is 2.00 bits per heavy atom. The Hall–Kier alpha value is -1.74. The molecule has 0 radical (unpaired) electrons. The van der Waals surface area contributed by atoms with Gasteiger partial charge in [0.2, 0.25) is 0 Å². The van der Waals surface area contributed by atoms with Crippen molar-refractivity contribution in [3.63, 3.8) is 0 Å². The van der Waals surface area contributed by atoms with Crippen LogP contribution >= 0.6 is 0 Å². The third kappa shape index (κ3) is 2.44. The molecular weight excluding hydrogens is 236 g/mol. The maximum atomic E-state index is 11.7. The van der Waals surface area contributed by atoms with Crippen LogP contribution in [0.4, 0.5) is 4.79 Å². The van der Waals surface area contributed by atoms with Crippen molar-refractivity contribution >= 4 is 16.1 Å². The second kappa shape index (κ2) is 4.86. The fourth-order valence-electron chi connectivity index (χ4n) is 0.802. The summed E-state index contributed by atoms with van der Waals surface area (Å²) in [7, 11) is -1.78. The van der Waals surface area contributed by atoms with E-state index in [4.69, 9.17) is 0 Å². The highest BCUT2D eigenvalue weighted by Crippen LogP contribution is 2.07. The van der Waals surface area contributed by atoms with Gasteiger partial charge in [0, 0.05) is 19.4 Å². The maximum Gasteiger partial charge on any atom is 0.355 e. The van der Waals surface area contributed by atoms with E-state index in [0.29, 0.717) is 4.31 Å². The molecule has 0 aliphatic carbocycles. The summed E-state index contributed by atoms with van der Waals surface area (Å²) in [5.41, 5.74) is 1.87. The highest BCUT2D eigenvalue weighted by molar-refractivity contribution is 7.89. The van der Waals surface area contributed by atoms with Crippen molar-refractivity contribution in [2.45, 2.75) is 5.16 Å². The standard InChI is InChI=1S/C7H10N4O4S/c1-11(7(12)10-15-2)16(13,14)6-8-4-3-5-9-6/h3-5H,1-2H3,(H,10,12). The van der Waals surface area contributed by atoms with Crippen molar-refractivity contribution in [1.29, 1.82) is 0 Å². The van der Waals surface area contributed by atoms with Crippen LogP contribution in [-0.4, -0.2) is 42.9 Å². The lowest BCUT2D eigenvalue weighted by Crippen LogP contribution is -2.41. The number of sulfonamides is 1. The summed E-state index contributed by atoms with van der Waals surface area (Å²) in [6.45, 7) is 0. The Labute approximate surface area is 92.3 Å². The molecule has 0 atom stereocenters. The number of carbonyl (C=O) groups excluding carboxylic acids is 1. The molecule has 0 fully saturated rings. The average Bonchev–Trinajstić information content (AvgIpc) is 2.29. The number of rotatable bonds is 3. The van der Waals surface area contributed by atoms with Crippen LogP contribution in [0.2, 0.25) is 0 Å². The molecule has 0 aliphatic heterocycles. The van der Waals surface area contributed by atoms with Crippen LogP contribution in [0.3, 0.4) is 0 Å². The van der Waals surface area contributed by atoms with Gasteiger partial charge in [-0.1, -0.05) is 0 Å². The Morgan fingerprint density at radius 3 is 2.50 bits per heavy atom. The van der Waals surface area contributed by atoms with Gasteiger partial charge < -0.3 is 0 Å². The normalized spacial score (nSPS) is 10.9. The second-order valence-corrected chi connectivity index (χ2v) is 4.48. The lowest BCUT2D eigenvalue weighted by molar-refractivity contribution is 0.100. The number of urea groups is 1. The zero-order valence-electron chi connectivity index (χ0n) is 8.61. The quantitative estimate of drug-likeness (QED) is 0.562. The topological polar surface area (TPSA) is 101 Å². The first kappa shape index (κ1) is 12.3. The molecule has 0 saturated heterocycles. The third-order valence-corrected chi connectivity index (χ3v) is 3.17. The van der Waals surface area contributed by atoms with Gasteiger partial charge in [0.25, 0.3) is 5.16 Å². The zero-order valence-corrected chi connectivity index (χ0v) is 9.43. The number of hydrogen-bond acceptors (Lipinski definition) is 6. The highest BCUT2D eigenvalue weighted by atomic mass is 32.2. The monoisotopic (exact) mass is 246 g/mol. The molecular formula is C7H10N4O4S. The van der Waals surface area contributed by atoms with Crippen LogP contribution in [0.15, 0.2) is 23.6 Å². The van der Waals surface area contributed by atoms with E-state index in [1.165, 1.54) is 25.6 Å². The van der Waals surface area contributed by atoms with Gasteiger partial charge in [-0.2, -0.15) is 8.42 Å². The smallest absolute Gasteiger partial charge is 0.275 e. The van der Waals surface area contributed by atoms with Crippen molar-refractivity contribution in [1.82, 2.24) is 19.8 Å². The summed E-state index contributed by atoms with van der Waals surface area (Å²) in [4.78, 5) is 22.6. The van der Waals surface area contributed by atoms with Gasteiger partial charge >= 0.3 is 16.1 Å². The van der Waals surface area contributed by atoms with E-state index in [1.54, 1.807) is 0 Å². The lowest BCUT2D eigenvalue weighted by atomic mass is 10.7. The molecule has 1 rings (SSSR count). The molecule has 1 heterocycles. The number of hydrogen-bond donors (Lipinski definition) is 1. The molecule has 0 unspecified atom stereocenters. The largest absolute Gasteiger partial charge is 0.355 e. The van der Waals surface area contributed by atoms with Crippen molar-refractivity contribution in [2.24, 2.45) is 0 Å². The van der Waals surface area contributed by atoms with E-state index >= 15 is 0 Å². The summed E-state index contributed by atoms with van der Waals surface area (Å²) < 4.78 is 23.9. The Bertz CT molecular complexity index is 461. The van der Waals surface area contributed by atoms with E-state index < -0.39 is 21.2 Å². The van der Waals surface area contributed by atoms with Crippen molar-refractivity contribution in [3.8, 4) is 0 Å². The van der Waals surface area contributed by atoms with E-state index in [0.717, 1.165) is 7.05 Å². The summed E-state index contributed by atoms with van der Waals surface area (Å²) in [5.74, 6) is 0. The van der Waals surface area contributed by atoms with Crippen molar-refractivity contribution in [2.75, 3.05) is 14.2 Å². The van der Waals surface area contributed by atoms with Crippen LogP contribution in [0, 0.1) is 0 Å². The number of nitrogens with one attached hydrogen (secondary N) is 1. The SMILES string of the molecule is CONC(=O)N(C)S(=O)(=O)c1ncccn1. The van der Waals surface area contributed by atoms with E-state index in [-0.39, 0.29) is 0 Å². The van der Waals surface area contributed by atoms with Crippen molar-refractivity contribution in [3.05, 3.63) is 18.5 Å². The van der Waals surface area contributed by atoms with Crippen LogP contribution < -0.4 is 5.48 Å². The summed E-state index contributed by atoms with van der Waals surface area (Å²) in [5, 5.41) is -0.455. The molecule has 0 aliphatic rings. The number of hydroxylamine groups is 1. The van der Waals surface area contributed by atoms with Gasteiger partial charge in [0.05, 0.1) is 7.11 Å². The summed E-state index contributed by atoms with van der Waals surface area (Å²) in [6, 6.07) is 0.531. The molecule has 0 aromatic carbocycles.